The highest BCUT2D eigenvalue weighted by Gasteiger charge is 2.26. The molecule has 0 saturated carbocycles. The minimum Gasteiger partial charge on any atom is -0.346 e. The van der Waals surface area contributed by atoms with Crippen molar-refractivity contribution in [2.24, 2.45) is 0 Å². The lowest BCUT2D eigenvalue weighted by molar-refractivity contribution is 0.0912. The van der Waals surface area contributed by atoms with Crippen LogP contribution >= 0.6 is 11.6 Å². The van der Waals surface area contributed by atoms with Crippen LogP contribution in [0.5, 0.6) is 0 Å². The third-order valence-electron chi connectivity index (χ3n) is 2.86. The van der Waals surface area contributed by atoms with E-state index in [1.54, 1.807) is 6.92 Å². The predicted octanol–water partition coefficient (Wildman–Crippen LogP) is 3.27. The molecule has 1 aromatic carbocycles. The fourth-order valence-electron chi connectivity index (χ4n) is 1.34. The molecule has 94 valence electrons. The van der Waals surface area contributed by atoms with Gasteiger partial charge in [0.2, 0.25) is 0 Å². The van der Waals surface area contributed by atoms with Gasteiger partial charge in [-0.2, -0.15) is 0 Å². The second kappa shape index (κ2) is 5.05. The van der Waals surface area contributed by atoms with Crippen LogP contribution in [0.4, 0.5) is 4.39 Å². The Bertz CT molecular complexity index is 429. The van der Waals surface area contributed by atoms with Gasteiger partial charge >= 0.3 is 0 Å². The van der Waals surface area contributed by atoms with Crippen molar-refractivity contribution in [3.63, 3.8) is 0 Å². The fourth-order valence-corrected chi connectivity index (χ4v) is 1.40. The highest BCUT2D eigenvalue weighted by atomic mass is 35.5. The van der Waals surface area contributed by atoms with Gasteiger partial charge in [-0.25, -0.2) is 4.39 Å². The lowest BCUT2D eigenvalue weighted by Gasteiger charge is -2.29. The van der Waals surface area contributed by atoms with Crippen molar-refractivity contribution in [3.8, 4) is 0 Å². The first-order chi connectivity index (χ1) is 7.74. The van der Waals surface area contributed by atoms with E-state index in [0.29, 0.717) is 11.1 Å². The van der Waals surface area contributed by atoms with Gasteiger partial charge < -0.3 is 5.32 Å². The highest BCUT2D eigenvalue weighted by molar-refractivity contribution is 6.21. The number of alkyl halides is 1. The zero-order valence-electron chi connectivity index (χ0n) is 10.5. The number of carbonyl (C=O) groups excluding carboxylic acids is 1. The molecule has 4 heteroatoms. The maximum absolute atomic E-state index is 12.9. The summed E-state index contributed by atoms with van der Waals surface area (Å²) in [4.78, 5) is 12.0. The van der Waals surface area contributed by atoms with Crippen LogP contribution in [0.2, 0.25) is 0 Å². The van der Waals surface area contributed by atoms with Gasteiger partial charge in [-0.3, -0.25) is 4.79 Å². The van der Waals surface area contributed by atoms with Crippen molar-refractivity contribution in [2.45, 2.75) is 38.6 Å². The summed E-state index contributed by atoms with van der Waals surface area (Å²) in [5.74, 6) is -0.580. The molecule has 1 atom stereocenters. The summed E-state index contributed by atoms with van der Waals surface area (Å²) in [6, 6.07) is 4.10. The van der Waals surface area contributed by atoms with E-state index in [1.165, 1.54) is 18.2 Å². The third-order valence-corrected chi connectivity index (χ3v) is 3.41. The van der Waals surface area contributed by atoms with Crippen LogP contribution in [-0.2, 0) is 0 Å². The maximum atomic E-state index is 12.9. The molecule has 1 amide bonds. The Hall–Kier alpha value is -1.09. The van der Waals surface area contributed by atoms with E-state index in [0.717, 1.165) is 0 Å². The predicted molar refractivity (Wildman–Crippen MR) is 68.0 cm³/mol. The highest BCUT2D eigenvalue weighted by Crippen LogP contribution is 2.17. The molecule has 0 radical (unpaired) electrons. The van der Waals surface area contributed by atoms with Crippen LogP contribution in [0, 0.1) is 12.7 Å². The van der Waals surface area contributed by atoms with Crippen molar-refractivity contribution in [3.05, 3.63) is 35.1 Å². The maximum Gasteiger partial charge on any atom is 0.252 e. The first-order valence-electron chi connectivity index (χ1n) is 5.47. The van der Waals surface area contributed by atoms with E-state index < -0.39 is 5.54 Å². The van der Waals surface area contributed by atoms with Gasteiger partial charge in [0.15, 0.2) is 0 Å². The Morgan fingerprint density at radius 2 is 2.06 bits per heavy atom. The number of benzene rings is 1. The molecule has 0 saturated heterocycles. The van der Waals surface area contributed by atoms with Crippen LogP contribution < -0.4 is 5.32 Å². The lowest BCUT2D eigenvalue weighted by Crippen LogP contribution is -2.49. The molecule has 0 bridgehead atoms. The summed E-state index contributed by atoms with van der Waals surface area (Å²) in [6.07, 6.45) is 0. The number of halogens is 2. The quantitative estimate of drug-likeness (QED) is 0.828. The number of hydrogen-bond acceptors (Lipinski definition) is 1. The standard InChI is InChI=1S/C13H17ClFNO/c1-8-7-10(15)5-6-11(8)12(17)16-13(3,4)9(2)14/h5-7,9H,1-4H3,(H,16,17). The van der Waals surface area contributed by atoms with Crippen LogP contribution in [0.15, 0.2) is 18.2 Å². The minimum absolute atomic E-state index is 0.202. The van der Waals surface area contributed by atoms with Gasteiger partial charge in [-0.1, -0.05) is 0 Å². The number of hydrogen-bond donors (Lipinski definition) is 1. The van der Waals surface area contributed by atoms with Crippen LogP contribution in [0.25, 0.3) is 0 Å². The molecule has 0 aromatic heterocycles. The van der Waals surface area contributed by atoms with Crippen LogP contribution in [0.3, 0.4) is 0 Å². The van der Waals surface area contributed by atoms with Gasteiger partial charge in [0.05, 0.1) is 10.9 Å². The average molecular weight is 258 g/mol. The first kappa shape index (κ1) is 14.0. The molecule has 1 N–H and O–H groups in total. The van der Waals surface area contributed by atoms with Crippen molar-refractivity contribution < 1.29 is 9.18 Å². The number of aryl methyl sites for hydroxylation is 1. The van der Waals surface area contributed by atoms with Gasteiger partial charge in [0.25, 0.3) is 5.91 Å². The summed E-state index contributed by atoms with van der Waals surface area (Å²) >= 11 is 5.99. The van der Waals surface area contributed by atoms with Gasteiger partial charge in [0, 0.05) is 5.56 Å². The average Bonchev–Trinajstić information content (AvgIpc) is 2.15. The lowest BCUT2D eigenvalue weighted by atomic mass is 9.99. The second-order valence-electron chi connectivity index (χ2n) is 4.75. The third kappa shape index (κ3) is 3.43. The number of nitrogens with one attached hydrogen (secondary N) is 1. The molecule has 1 unspecified atom stereocenters. The number of rotatable bonds is 3. The molecule has 0 aliphatic carbocycles. The summed E-state index contributed by atoms with van der Waals surface area (Å²) in [5, 5.41) is 2.64. The molecule has 1 rings (SSSR count). The first-order valence-corrected chi connectivity index (χ1v) is 5.90. The van der Waals surface area contributed by atoms with E-state index in [4.69, 9.17) is 11.6 Å². The van der Waals surface area contributed by atoms with Crippen molar-refractivity contribution in [1.82, 2.24) is 5.32 Å². The van der Waals surface area contributed by atoms with Gasteiger partial charge in [-0.05, 0) is 51.5 Å². The van der Waals surface area contributed by atoms with Crippen LogP contribution in [0.1, 0.15) is 36.7 Å². The number of amides is 1. The largest absolute Gasteiger partial charge is 0.346 e. The molecular weight excluding hydrogens is 241 g/mol. The molecule has 0 heterocycles. The Kier molecular flexibility index (Phi) is 4.15. The van der Waals surface area contributed by atoms with Crippen molar-refractivity contribution >= 4 is 17.5 Å². The van der Waals surface area contributed by atoms with Gasteiger partial charge in [0.1, 0.15) is 5.82 Å². The normalized spacial score (nSPS) is 13.3. The second-order valence-corrected chi connectivity index (χ2v) is 5.41. The molecule has 0 fully saturated rings. The summed E-state index contributed by atoms with van der Waals surface area (Å²) in [7, 11) is 0. The summed E-state index contributed by atoms with van der Waals surface area (Å²) < 4.78 is 12.9. The molecule has 1 aromatic rings. The Morgan fingerprint density at radius 3 is 2.53 bits per heavy atom. The van der Waals surface area contributed by atoms with E-state index in [1.807, 2.05) is 20.8 Å². The molecule has 0 aliphatic heterocycles. The molecule has 0 aliphatic rings. The molecule has 2 nitrogen and oxygen atoms in total. The Balaban J connectivity index is 2.91. The summed E-state index contributed by atoms with van der Waals surface area (Å²) in [5.41, 5.74) is 0.566. The molecular formula is C13H17ClFNO. The van der Waals surface area contributed by atoms with E-state index in [9.17, 15) is 9.18 Å². The van der Waals surface area contributed by atoms with Crippen molar-refractivity contribution in [1.29, 1.82) is 0 Å². The van der Waals surface area contributed by atoms with E-state index in [-0.39, 0.29) is 17.1 Å². The smallest absolute Gasteiger partial charge is 0.252 e. The van der Waals surface area contributed by atoms with E-state index >= 15 is 0 Å². The van der Waals surface area contributed by atoms with E-state index in [2.05, 4.69) is 5.32 Å². The number of carbonyl (C=O) groups is 1. The fraction of sp³-hybridized carbons (Fsp3) is 0.462. The SMILES string of the molecule is Cc1cc(F)ccc1C(=O)NC(C)(C)C(C)Cl. The van der Waals surface area contributed by atoms with Crippen LogP contribution in [-0.4, -0.2) is 16.8 Å². The monoisotopic (exact) mass is 257 g/mol. The molecule has 0 spiro atoms. The zero-order chi connectivity index (χ0) is 13.2. The Labute approximate surface area is 106 Å². The zero-order valence-corrected chi connectivity index (χ0v) is 11.2. The summed E-state index contributed by atoms with van der Waals surface area (Å²) in [6.45, 7) is 7.22. The van der Waals surface area contributed by atoms with Crippen molar-refractivity contribution in [2.75, 3.05) is 0 Å². The molecule has 17 heavy (non-hydrogen) atoms. The minimum atomic E-state index is -0.514. The van der Waals surface area contributed by atoms with Gasteiger partial charge in [-0.15, -0.1) is 11.6 Å². The Morgan fingerprint density at radius 1 is 1.47 bits per heavy atom. The topological polar surface area (TPSA) is 29.1 Å².